The van der Waals surface area contributed by atoms with Crippen molar-refractivity contribution in [2.75, 3.05) is 5.75 Å². The van der Waals surface area contributed by atoms with Gasteiger partial charge in [0.05, 0.1) is 10.1 Å². The first-order valence-electron chi connectivity index (χ1n) is 4.90. The van der Waals surface area contributed by atoms with E-state index in [-0.39, 0.29) is 4.83 Å². The highest BCUT2D eigenvalue weighted by atomic mass is 79.9. The Bertz CT molecular complexity index is 299. The summed E-state index contributed by atoms with van der Waals surface area (Å²) < 4.78 is 5.63. The molecule has 0 saturated carbocycles. The van der Waals surface area contributed by atoms with Crippen molar-refractivity contribution in [2.45, 2.75) is 36.3 Å². The van der Waals surface area contributed by atoms with Crippen molar-refractivity contribution in [1.82, 2.24) is 10.2 Å². The first-order valence-corrected chi connectivity index (χ1v) is 6.86. The molecule has 1 aliphatic heterocycles. The molecule has 78 valence electrons. The number of hydrogen-bond donors (Lipinski definition) is 0. The minimum Gasteiger partial charge on any atom is -0.423 e. The summed E-state index contributed by atoms with van der Waals surface area (Å²) in [5.41, 5.74) is 0. The van der Waals surface area contributed by atoms with E-state index in [0.29, 0.717) is 5.25 Å². The molecule has 0 aliphatic carbocycles. The van der Waals surface area contributed by atoms with Crippen LogP contribution < -0.4 is 0 Å². The number of aromatic nitrogens is 2. The Labute approximate surface area is 96.2 Å². The van der Waals surface area contributed by atoms with Crippen molar-refractivity contribution >= 4 is 27.7 Å². The lowest BCUT2D eigenvalue weighted by molar-refractivity contribution is 0.440. The molecule has 1 saturated heterocycles. The van der Waals surface area contributed by atoms with Gasteiger partial charge in [0.15, 0.2) is 0 Å². The fraction of sp³-hybridized carbons (Fsp3) is 0.778. The quantitative estimate of drug-likeness (QED) is 0.793. The predicted molar refractivity (Wildman–Crippen MR) is 60.7 cm³/mol. The van der Waals surface area contributed by atoms with Crippen LogP contribution in [0.15, 0.2) is 4.42 Å². The summed E-state index contributed by atoms with van der Waals surface area (Å²) in [5, 5.41) is 8.59. The van der Waals surface area contributed by atoms with Crippen LogP contribution in [0.5, 0.6) is 0 Å². The average molecular weight is 277 g/mol. The predicted octanol–water partition coefficient (Wildman–Crippen LogP) is 3.48. The van der Waals surface area contributed by atoms with E-state index >= 15 is 0 Å². The Morgan fingerprint density at radius 2 is 2.50 bits per heavy atom. The summed E-state index contributed by atoms with van der Waals surface area (Å²) >= 11 is 5.42. The summed E-state index contributed by atoms with van der Waals surface area (Å²) in [6.45, 7) is 2.09. The molecule has 0 amide bonds. The normalized spacial score (nSPS) is 24.0. The maximum Gasteiger partial charge on any atom is 0.230 e. The zero-order valence-electron chi connectivity index (χ0n) is 8.07. The van der Waals surface area contributed by atoms with Crippen LogP contribution in [0, 0.1) is 0 Å². The van der Waals surface area contributed by atoms with Gasteiger partial charge in [-0.05, 0) is 25.0 Å². The lowest BCUT2D eigenvalue weighted by Gasteiger charge is -2.01. The second-order valence-corrected chi connectivity index (χ2v) is 5.77. The highest BCUT2D eigenvalue weighted by molar-refractivity contribution is 9.09. The monoisotopic (exact) mass is 276 g/mol. The lowest BCUT2D eigenvalue weighted by Crippen LogP contribution is -1.87. The van der Waals surface area contributed by atoms with Crippen LogP contribution in [-0.2, 0) is 0 Å². The van der Waals surface area contributed by atoms with Crippen LogP contribution in [0.4, 0.5) is 0 Å². The van der Waals surface area contributed by atoms with Crippen LogP contribution in [0.2, 0.25) is 0 Å². The minimum absolute atomic E-state index is 0.204. The molecule has 1 aliphatic rings. The maximum atomic E-state index is 5.63. The van der Waals surface area contributed by atoms with Gasteiger partial charge in [-0.2, -0.15) is 0 Å². The Hall–Kier alpha value is -0.0300. The van der Waals surface area contributed by atoms with Crippen LogP contribution in [0.3, 0.4) is 0 Å². The van der Waals surface area contributed by atoms with E-state index in [1.54, 1.807) is 0 Å². The van der Waals surface area contributed by atoms with Crippen molar-refractivity contribution in [3.05, 3.63) is 11.8 Å². The summed E-state index contributed by atoms with van der Waals surface area (Å²) in [4.78, 5) is 0.204. The van der Waals surface area contributed by atoms with Crippen molar-refractivity contribution < 1.29 is 4.42 Å². The standard InChI is InChI=1S/C9H13BrN2OS/c1-2-6(10)8-11-12-9(13-8)7-4-3-5-14-7/h6-7H,2-5H2,1H3. The molecule has 0 N–H and O–H groups in total. The van der Waals surface area contributed by atoms with Gasteiger partial charge in [0, 0.05) is 0 Å². The van der Waals surface area contributed by atoms with E-state index in [9.17, 15) is 0 Å². The third-order valence-electron chi connectivity index (χ3n) is 2.29. The van der Waals surface area contributed by atoms with Gasteiger partial charge in [0.1, 0.15) is 0 Å². The van der Waals surface area contributed by atoms with Crippen molar-refractivity contribution in [1.29, 1.82) is 0 Å². The van der Waals surface area contributed by atoms with Crippen LogP contribution >= 0.6 is 27.7 Å². The molecule has 2 heterocycles. The second-order valence-electron chi connectivity index (χ2n) is 3.36. The van der Waals surface area contributed by atoms with Gasteiger partial charge in [-0.15, -0.1) is 22.0 Å². The molecule has 1 fully saturated rings. The van der Waals surface area contributed by atoms with Crippen LogP contribution in [0.25, 0.3) is 0 Å². The Kier molecular flexibility index (Phi) is 3.49. The Morgan fingerprint density at radius 1 is 1.64 bits per heavy atom. The minimum atomic E-state index is 0.204. The zero-order valence-corrected chi connectivity index (χ0v) is 10.5. The molecule has 0 radical (unpaired) electrons. The van der Waals surface area contributed by atoms with Gasteiger partial charge in [0.2, 0.25) is 11.8 Å². The van der Waals surface area contributed by atoms with Gasteiger partial charge in [-0.3, -0.25) is 0 Å². The first-order chi connectivity index (χ1) is 6.81. The molecule has 2 atom stereocenters. The number of alkyl halides is 1. The van der Waals surface area contributed by atoms with E-state index < -0.39 is 0 Å². The molecule has 1 aromatic heterocycles. The number of hydrogen-bond acceptors (Lipinski definition) is 4. The van der Waals surface area contributed by atoms with Gasteiger partial charge >= 0.3 is 0 Å². The van der Waals surface area contributed by atoms with Gasteiger partial charge in [0.25, 0.3) is 0 Å². The van der Waals surface area contributed by atoms with Crippen molar-refractivity contribution in [2.24, 2.45) is 0 Å². The van der Waals surface area contributed by atoms with E-state index in [1.165, 1.54) is 18.6 Å². The summed E-state index contributed by atoms with van der Waals surface area (Å²) in [6, 6.07) is 0. The first kappa shape index (κ1) is 10.5. The van der Waals surface area contributed by atoms with E-state index in [4.69, 9.17) is 4.42 Å². The molecule has 0 bridgehead atoms. The molecule has 2 unspecified atom stereocenters. The van der Waals surface area contributed by atoms with Crippen LogP contribution in [0.1, 0.15) is 48.0 Å². The third kappa shape index (κ3) is 2.14. The molecular weight excluding hydrogens is 264 g/mol. The Balaban J connectivity index is 2.08. The highest BCUT2D eigenvalue weighted by Gasteiger charge is 2.24. The number of halogens is 1. The molecule has 3 nitrogen and oxygen atoms in total. The summed E-state index contributed by atoms with van der Waals surface area (Å²) in [6.07, 6.45) is 3.41. The number of thioether (sulfide) groups is 1. The SMILES string of the molecule is CCC(Br)c1nnc(C2CCCS2)o1. The lowest BCUT2D eigenvalue weighted by atomic mass is 10.2. The fourth-order valence-electron chi connectivity index (χ4n) is 1.45. The van der Waals surface area contributed by atoms with Crippen LogP contribution in [-0.4, -0.2) is 16.0 Å². The smallest absolute Gasteiger partial charge is 0.230 e. The topological polar surface area (TPSA) is 38.9 Å². The molecule has 2 rings (SSSR count). The third-order valence-corrected chi connectivity index (χ3v) is 4.69. The summed E-state index contributed by atoms with van der Waals surface area (Å²) in [5.74, 6) is 2.74. The number of nitrogens with zero attached hydrogens (tertiary/aromatic N) is 2. The van der Waals surface area contributed by atoms with E-state index in [1.807, 2.05) is 11.8 Å². The summed E-state index contributed by atoms with van der Waals surface area (Å²) in [7, 11) is 0. The molecule has 0 aromatic carbocycles. The van der Waals surface area contributed by atoms with E-state index in [2.05, 4.69) is 33.1 Å². The number of rotatable bonds is 3. The van der Waals surface area contributed by atoms with Gasteiger partial charge < -0.3 is 4.42 Å². The van der Waals surface area contributed by atoms with Crippen molar-refractivity contribution in [3.8, 4) is 0 Å². The molecule has 14 heavy (non-hydrogen) atoms. The molecule has 5 heteroatoms. The van der Waals surface area contributed by atoms with Gasteiger partial charge in [-0.1, -0.05) is 22.9 Å². The van der Waals surface area contributed by atoms with Crippen molar-refractivity contribution in [3.63, 3.8) is 0 Å². The largest absolute Gasteiger partial charge is 0.423 e. The fourth-order valence-corrected chi connectivity index (χ4v) is 2.82. The molecule has 0 spiro atoms. The zero-order chi connectivity index (χ0) is 9.97. The molecular formula is C9H13BrN2OS. The van der Waals surface area contributed by atoms with Gasteiger partial charge in [-0.25, -0.2) is 0 Å². The highest BCUT2D eigenvalue weighted by Crippen LogP contribution is 2.39. The maximum absolute atomic E-state index is 5.63. The molecule has 1 aromatic rings. The average Bonchev–Trinajstić information content (AvgIpc) is 2.86. The second kappa shape index (κ2) is 4.66. The van der Waals surface area contributed by atoms with E-state index in [0.717, 1.165) is 18.2 Å². The Morgan fingerprint density at radius 3 is 3.14 bits per heavy atom.